The summed E-state index contributed by atoms with van der Waals surface area (Å²) in [5.74, 6) is 0. The molecule has 1 aromatic carbocycles. The van der Waals surface area contributed by atoms with Crippen molar-refractivity contribution in [2.24, 2.45) is 0 Å². The lowest BCUT2D eigenvalue weighted by molar-refractivity contribution is -0.00122. The van der Waals surface area contributed by atoms with Gasteiger partial charge >= 0.3 is 6.03 Å². The van der Waals surface area contributed by atoms with Gasteiger partial charge in [-0.05, 0) is 25.0 Å². The summed E-state index contributed by atoms with van der Waals surface area (Å²) in [6.07, 6.45) is 2.23. The highest BCUT2D eigenvalue weighted by Crippen LogP contribution is 2.20. The zero-order chi connectivity index (χ0) is 13.8. The summed E-state index contributed by atoms with van der Waals surface area (Å²) in [7, 11) is 0. The molecule has 2 aliphatic heterocycles. The number of urea groups is 1. The molecule has 0 radical (unpaired) electrons. The van der Waals surface area contributed by atoms with Crippen molar-refractivity contribution in [3.8, 4) is 0 Å². The predicted octanol–water partition coefficient (Wildman–Crippen LogP) is 1.67. The van der Waals surface area contributed by atoms with Gasteiger partial charge in [0.15, 0.2) is 0 Å². The highest BCUT2D eigenvalue weighted by atomic mass is 16.5. The largest absolute Gasteiger partial charge is 0.381 e. The number of nitrogens with zero attached hydrogens (tertiary/aromatic N) is 1. The molecule has 2 heterocycles. The average Bonchev–Trinajstić information content (AvgIpc) is 2.44. The first-order chi connectivity index (χ1) is 9.81. The van der Waals surface area contributed by atoms with E-state index in [1.165, 1.54) is 0 Å². The first kappa shape index (κ1) is 13.4. The number of rotatable bonds is 3. The molecule has 0 spiro atoms. The summed E-state index contributed by atoms with van der Waals surface area (Å²) >= 11 is 0. The van der Waals surface area contributed by atoms with Crippen molar-refractivity contribution in [3.63, 3.8) is 0 Å². The maximum absolute atomic E-state index is 11.8. The van der Waals surface area contributed by atoms with E-state index < -0.39 is 0 Å². The Morgan fingerprint density at radius 2 is 1.85 bits per heavy atom. The molecular formula is C15H21N3O2. The molecule has 2 N–H and O–H groups in total. The van der Waals surface area contributed by atoms with Gasteiger partial charge in [0.1, 0.15) is 0 Å². The van der Waals surface area contributed by atoms with E-state index in [-0.39, 0.29) is 12.1 Å². The smallest absolute Gasteiger partial charge is 0.319 e. The van der Waals surface area contributed by atoms with Gasteiger partial charge in [0.25, 0.3) is 0 Å². The Morgan fingerprint density at radius 3 is 2.55 bits per heavy atom. The zero-order valence-corrected chi connectivity index (χ0v) is 11.5. The molecule has 2 amide bonds. The monoisotopic (exact) mass is 275 g/mol. The van der Waals surface area contributed by atoms with Crippen molar-refractivity contribution in [2.75, 3.05) is 31.6 Å². The average molecular weight is 275 g/mol. The third kappa shape index (κ3) is 3.29. The SMILES string of the molecule is O=C(Nc1ccccc1)NC1CN(C2CCOCC2)C1. The van der Waals surface area contributed by atoms with Crippen molar-refractivity contribution in [3.05, 3.63) is 30.3 Å². The lowest BCUT2D eigenvalue weighted by atomic mass is 10.00. The highest BCUT2D eigenvalue weighted by Gasteiger charge is 2.33. The lowest BCUT2D eigenvalue weighted by Crippen LogP contribution is -2.63. The summed E-state index contributed by atoms with van der Waals surface area (Å²) in [6, 6.07) is 10.3. The second kappa shape index (κ2) is 6.24. The minimum absolute atomic E-state index is 0.118. The molecule has 5 nitrogen and oxygen atoms in total. The third-order valence-corrected chi connectivity index (χ3v) is 3.98. The van der Waals surface area contributed by atoms with E-state index in [0.717, 1.165) is 44.8 Å². The molecule has 108 valence electrons. The van der Waals surface area contributed by atoms with Crippen LogP contribution < -0.4 is 10.6 Å². The number of hydrogen-bond acceptors (Lipinski definition) is 3. The minimum atomic E-state index is -0.118. The highest BCUT2D eigenvalue weighted by molar-refractivity contribution is 5.89. The molecule has 0 aromatic heterocycles. The van der Waals surface area contributed by atoms with E-state index in [9.17, 15) is 4.79 Å². The molecule has 2 saturated heterocycles. The Kier molecular flexibility index (Phi) is 4.18. The molecule has 20 heavy (non-hydrogen) atoms. The van der Waals surface area contributed by atoms with E-state index in [1.54, 1.807) is 0 Å². The first-order valence-electron chi connectivity index (χ1n) is 7.25. The predicted molar refractivity (Wildman–Crippen MR) is 77.8 cm³/mol. The van der Waals surface area contributed by atoms with Crippen LogP contribution in [0.4, 0.5) is 10.5 Å². The summed E-state index contributed by atoms with van der Waals surface area (Å²) in [6.45, 7) is 3.64. The van der Waals surface area contributed by atoms with Gasteiger partial charge in [0, 0.05) is 38.0 Å². The number of benzene rings is 1. The second-order valence-electron chi connectivity index (χ2n) is 5.46. The molecule has 0 bridgehead atoms. The van der Waals surface area contributed by atoms with Gasteiger partial charge in [0.2, 0.25) is 0 Å². The van der Waals surface area contributed by atoms with Crippen molar-refractivity contribution >= 4 is 11.7 Å². The fourth-order valence-electron chi connectivity index (χ4n) is 2.83. The van der Waals surface area contributed by atoms with Crippen molar-refractivity contribution < 1.29 is 9.53 Å². The Hall–Kier alpha value is -1.59. The molecule has 0 unspecified atom stereocenters. The topological polar surface area (TPSA) is 53.6 Å². The maximum atomic E-state index is 11.8. The van der Waals surface area contributed by atoms with Crippen LogP contribution in [0.3, 0.4) is 0 Å². The number of ether oxygens (including phenoxy) is 1. The van der Waals surface area contributed by atoms with Crippen LogP contribution in [0, 0.1) is 0 Å². The number of likely N-dealkylation sites (tertiary alicyclic amines) is 1. The van der Waals surface area contributed by atoms with E-state index in [1.807, 2.05) is 30.3 Å². The summed E-state index contributed by atoms with van der Waals surface area (Å²) in [4.78, 5) is 14.3. The quantitative estimate of drug-likeness (QED) is 0.882. The molecule has 2 fully saturated rings. The molecule has 3 rings (SSSR count). The lowest BCUT2D eigenvalue weighted by Gasteiger charge is -2.45. The fourth-order valence-corrected chi connectivity index (χ4v) is 2.83. The molecular weight excluding hydrogens is 254 g/mol. The molecule has 0 aliphatic carbocycles. The van der Waals surface area contributed by atoms with Crippen LogP contribution >= 0.6 is 0 Å². The fraction of sp³-hybridized carbons (Fsp3) is 0.533. The van der Waals surface area contributed by atoms with Gasteiger partial charge in [-0.3, -0.25) is 4.90 Å². The maximum Gasteiger partial charge on any atom is 0.319 e. The third-order valence-electron chi connectivity index (χ3n) is 3.98. The van der Waals surface area contributed by atoms with Crippen LogP contribution in [0.1, 0.15) is 12.8 Å². The van der Waals surface area contributed by atoms with E-state index >= 15 is 0 Å². The van der Waals surface area contributed by atoms with Gasteiger partial charge in [-0.15, -0.1) is 0 Å². The summed E-state index contributed by atoms with van der Waals surface area (Å²) in [5.41, 5.74) is 0.825. The number of carbonyl (C=O) groups excluding carboxylic acids is 1. The van der Waals surface area contributed by atoms with Crippen LogP contribution in [0.5, 0.6) is 0 Å². The Labute approximate surface area is 119 Å². The molecule has 1 aromatic rings. The number of hydrogen-bond donors (Lipinski definition) is 2. The Morgan fingerprint density at radius 1 is 1.15 bits per heavy atom. The molecule has 2 aliphatic rings. The number of anilines is 1. The van der Waals surface area contributed by atoms with E-state index in [4.69, 9.17) is 4.74 Å². The number of para-hydroxylation sites is 1. The van der Waals surface area contributed by atoms with Crippen molar-refractivity contribution in [1.29, 1.82) is 0 Å². The van der Waals surface area contributed by atoms with E-state index in [0.29, 0.717) is 6.04 Å². The van der Waals surface area contributed by atoms with Gasteiger partial charge < -0.3 is 15.4 Å². The Balaban J connectivity index is 1.39. The molecule has 0 saturated carbocycles. The van der Waals surface area contributed by atoms with Gasteiger partial charge in [-0.1, -0.05) is 18.2 Å². The number of carbonyl (C=O) groups is 1. The van der Waals surface area contributed by atoms with Crippen molar-refractivity contribution in [1.82, 2.24) is 10.2 Å². The number of amides is 2. The van der Waals surface area contributed by atoms with Crippen molar-refractivity contribution in [2.45, 2.75) is 24.9 Å². The first-order valence-corrected chi connectivity index (χ1v) is 7.25. The molecule has 0 atom stereocenters. The van der Waals surface area contributed by atoms with Crippen LogP contribution in [0.2, 0.25) is 0 Å². The molecule has 5 heteroatoms. The normalized spacial score (nSPS) is 21.2. The van der Waals surface area contributed by atoms with Crippen LogP contribution in [-0.4, -0.2) is 49.3 Å². The van der Waals surface area contributed by atoms with Crippen LogP contribution in [0.15, 0.2) is 30.3 Å². The summed E-state index contributed by atoms with van der Waals surface area (Å²) in [5, 5.41) is 5.86. The van der Waals surface area contributed by atoms with E-state index in [2.05, 4.69) is 15.5 Å². The van der Waals surface area contributed by atoms with Gasteiger partial charge in [-0.25, -0.2) is 4.79 Å². The number of nitrogens with one attached hydrogen (secondary N) is 2. The minimum Gasteiger partial charge on any atom is -0.381 e. The standard InChI is InChI=1S/C15H21N3O2/c19-15(16-12-4-2-1-3-5-12)17-13-10-18(11-13)14-6-8-20-9-7-14/h1-5,13-14H,6-11H2,(H2,16,17,19). The Bertz CT molecular complexity index is 440. The van der Waals surface area contributed by atoms with Gasteiger partial charge in [0.05, 0.1) is 6.04 Å². The zero-order valence-electron chi connectivity index (χ0n) is 11.5. The summed E-state index contributed by atoms with van der Waals surface area (Å²) < 4.78 is 5.37. The van der Waals surface area contributed by atoms with Crippen LogP contribution in [-0.2, 0) is 4.74 Å². The van der Waals surface area contributed by atoms with Gasteiger partial charge in [-0.2, -0.15) is 0 Å². The van der Waals surface area contributed by atoms with Crippen LogP contribution in [0.25, 0.3) is 0 Å². The second-order valence-corrected chi connectivity index (χ2v) is 5.46.